The summed E-state index contributed by atoms with van der Waals surface area (Å²) in [4.78, 5) is 22.8. The van der Waals surface area contributed by atoms with Crippen molar-refractivity contribution in [2.24, 2.45) is 0 Å². The molecular weight excluding hydrogens is 401 g/mol. The number of halogens is 2. The summed E-state index contributed by atoms with van der Waals surface area (Å²) in [5.74, 6) is 0.0512. The van der Waals surface area contributed by atoms with Crippen LogP contribution in [0.3, 0.4) is 0 Å². The van der Waals surface area contributed by atoms with E-state index in [2.05, 4.69) is 23.7 Å². The molecule has 148 valence electrons. The second kappa shape index (κ2) is 10.4. The first kappa shape index (κ1) is 22.2. The summed E-state index contributed by atoms with van der Waals surface area (Å²) in [7, 11) is 0. The molecule has 2 rings (SSSR count). The number of aromatic nitrogens is 1. The largest absolute Gasteiger partial charge is 0.337 e. The molecule has 0 saturated heterocycles. The van der Waals surface area contributed by atoms with Crippen LogP contribution < -0.4 is 0 Å². The van der Waals surface area contributed by atoms with Crippen LogP contribution in [0.25, 0.3) is 10.6 Å². The van der Waals surface area contributed by atoms with Gasteiger partial charge in [0.25, 0.3) is 5.91 Å². The molecule has 27 heavy (non-hydrogen) atoms. The molecule has 0 saturated carbocycles. The molecule has 1 aromatic heterocycles. The maximum atomic E-state index is 13.2. The maximum absolute atomic E-state index is 13.2. The van der Waals surface area contributed by atoms with Gasteiger partial charge in [-0.2, -0.15) is 0 Å². The molecule has 0 N–H and O–H groups in total. The van der Waals surface area contributed by atoms with Gasteiger partial charge in [-0.15, -0.1) is 11.3 Å². The number of aryl methyl sites for hydroxylation is 1. The van der Waals surface area contributed by atoms with Gasteiger partial charge in [0.2, 0.25) is 0 Å². The molecule has 2 aromatic rings. The number of likely N-dealkylation sites (N-methyl/N-ethyl adjacent to an activating group) is 2. The average Bonchev–Trinajstić information content (AvgIpc) is 3.09. The van der Waals surface area contributed by atoms with E-state index < -0.39 is 0 Å². The fourth-order valence-electron chi connectivity index (χ4n) is 2.89. The van der Waals surface area contributed by atoms with Crippen molar-refractivity contribution in [3.8, 4) is 10.6 Å². The molecule has 0 aliphatic heterocycles. The molecule has 0 unspecified atom stereocenters. The molecule has 7 heteroatoms. The summed E-state index contributed by atoms with van der Waals surface area (Å²) >= 11 is 13.7. The number of thiazole rings is 1. The maximum Gasteiger partial charge on any atom is 0.265 e. The van der Waals surface area contributed by atoms with E-state index in [9.17, 15) is 4.79 Å². The third-order valence-electron chi connectivity index (χ3n) is 4.64. The number of carbonyl (C=O) groups is 1. The second-order valence-corrected chi connectivity index (χ2v) is 8.03. The minimum Gasteiger partial charge on any atom is -0.337 e. The van der Waals surface area contributed by atoms with Crippen LogP contribution in [-0.4, -0.2) is 53.4 Å². The zero-order valence-corrected chi connectivity index (χ0v) is 18.7. The Morgan fingerprint density at radius 3 is 2.33 bits per heavy atom. The van der Waals surface area contributed by atoms with Gasteiger partial charge in [0.05, 0.1) is 10.7 Å². The van der Waals surface area contributed by atoms with Crippen LogP contribution in [0.4, 0.5) is 0 Å². The molecule has 1 heterocycles. The van der Waals surface area contributed by atoms with Crippen LogP contribution in [0.2, 0.25) is 10.0 Å². The Morgan fingerprint density at radius 1 is 1.07 bits per heavy atom. The lowest BCUT2D eigenvalue weighted by Gasteiger charge is -2.25. The Bertz CT molecular complexity index is 775. The summed E-state index contributed by atoms with van der Waals surface area (Å²) < 4.78 is 0. The molecule has 0 radical (unpaired) electrons. The van der Waals surface area contributed by atoms with Gasteiger partial charge in [-0.1, -0.05) is 44.0 Å². The van der Waals surface area contributed by atoms with E-state index >= 15 is 0 Å². The Balaban J connectivity index is 2.28. The van der Waals surface area contributed by atoms with E-state index in [1.165, 1.54) is 11.3 Å². The highest BCUT2D eigenvalue weighted by atomic mass is 35.5. The number of rotatable bonds is 9. The van der Waals surface area contributed by atoms with Crippen LogP contribution in [0, 0.1) is 0 Å². The van der Waals surface area contributed by atoms with Crippen molar-refractivity contribution < 1.29 is 4.79 Å². The minimum atomic E-state index is 0.0512. The number of carbonyl (C=O) groups excluding carboxylic acids is 1. The smallest absolute Gasteiger partial charge is 0.265 e. The van der Waals surface area contributed by atoms with Crippen molar-refractivity contribution in [3.63, 3.8) is 0 Å². The van der Waals surface area contributed by atoms with Crippen LogP contribution in [0.1, 0.15) is 43.1 Å². The van der Waals surface area contributed by atoms with Crippen molar-refractivity contribution >= 4 is 40.4 Å². The van der Waals surface area contributed by atoms with E-state index in [-0.39, 0.29) is 5.91 Å². The Morgan fingerprint density at radius 2 is 1.78 bits per heavy atom. The summed E-state index contributed by atoms with van der Waals surface area (Å²) in [6.45, 7) is 12.6. The fourth-order valence-corrected chi connectivity index (χ4v) is 4.60. The van der Waals surface area contributed by atoms with Crippen molar-refractivity contribution in [1.82, 2.24) is 14.8 Å². The van der Waals surface area contributed by atoms with Crippen molar-refractivity contribution in [1.29, 1.82) is 0 Å². The van der Waals surface area contributed by atoms with Gasteiger partial charge in [0.15, 0.2) is 0 Å². The van der Waals surface area contributed by atoms with Crippen LogP contribution in [0.15, 0.2) is 18.2 Å². The third kappa shape index (κ3) is 5.44. The van der Waals surface area contributed by atoms with Crippen molar-refractivity contribution in [2.45, 2.75) is 34.1 Å². The summed E-state index contributed by atoms with van der Waals surface area (Å²) in [5.41, 5.74) is 1.64. The third-order valence-corrected chi connectivity index (χ3v) is 6.30. The predicted octanol–water partition coefficient (Wildman–Crippen LogP) is 5.48. The molecule has 0 aliphatic rings. The van der Waals surface area contributed by atoms with E-state index in [1.54, 1.807) is 12.1 Å². The monoisotopic (exact) mass is 427 g/mol. The van der Waals surface area contributed by atoms with Crippen molar-refractivity contribution in [2.75, 3.05) is 32.7 Å². The van der Waals surface area contributed by atoms with Crippen LogP contribution in [0.5, 0.6) is 0 Å². The number of hydrogen-bond acceptors (Lipinski definition) is 4. The van der Waals surface area contributed by atoms with Gasteiger partial charge < -0.3 is 9.80 Å². The van der Waals surface area contributed by atoms with E-state index in [1.807, 2.05) is 24.8 Å². The van der Waals surface area contributed by atoms with Gasteiger partial charge in [-0.3, -0.25) is 4.79 Å². The zero-order chi connectivity index (χ0) is 20.0. The predicted molar refractivity (Wildman–Crippen MR) is 116 cm³/mol. The number of nitrogens with zero attached hydrogens (tertiary/aromatic N) is 3. The lowest BCUT2D eigenvalue weighted by Crippen LogP contribution is -2.38. The SMILES string of the molecule is CCc1nc(-c2ccc(Cl)cc2Cl)sc1C(=O)N(CC)CCN(CC)CC. The van der Waals surface area contributed by atoms with Gasteiger partial charge >= 0.3 is 0 Å². The molecule has 4 nitrogen and oxygen atoms in total. The Hall–Kier alpha value is -1.14. The lowest BCUT2D eigenvalue weighted by atomic mass is 10.2. The Labute approximate surface area is 176 Å². The topological polar surface area (TPSA) is 36.4 Å². The first-order valence-corrected chi connectivity index (χ1v) is 11.0. The highest BCUT2D eigenvalue weighted by molar-refractivity contribution is 7.17. The second-order valence-electron chi connectivity index (χ2n) is 6.18. The molecular formula is C20H27Cl2N3OS. The van der Waals surface area contributed by atoms with Gasteiger partial charge in [0, 0.05) is 30.2 Å². The first-order valence-electron chi connectivity index (χ1n) is 9.41. The summed E-state index contributed by atoms with van der Waals surface area (Å²) in [6, 6.07) is 5.35. The average molecular weight is 428 g/mol. The molecule has 0 aliphatic carbocycles. The molecule has 0 spiro atoms. The van der Waals surface area contributed by atoms with E-state index in [4.69, 9.17) is 23.2 Å². The quantitative estimate of drug-likeness (QED) is 0.531. The number of hydrogen-bond donors (Lipinski definition) is 0. The van der Waals surface area contributed by atoms with Gasteiger partial charge in [-0.05, 0) is 44.6 Å². The van der Waals surface area contributed by atoms with E-state index in [0.717, 1.165) is 42.4 Å². The van der Waals surface area contributed by atoms with Crippen molar-refractivity contribution in [3.05, 3.63) is 38.8 Å². The first-order chi connectivity index (χ1) is 12.9. The Kier molecular flexibility index (Phi) is 8.55. The molecule has 1 aromatic carbocycles. The molecule has 0 atom stereocenters. The van der Waals surface area contributed by atoms with Gasteiger partial charge in [0.1, 0.15) is 9.88 Å². The normalized spacial score (nSPS) is 11.2. The minimum absolute atomic E-state index is 0.0512. The molecule has 0 fully saturated rings. The molecule has 0 bridgehead atoms. The number of amides is 1. The lowest BCUT2D eigenvalue weighted by molar-refractivity contribution is 0.0750. The highest BCUT2D eigenvalue weighted by Crippen LogP contribution is 2.35. The van der Waals surface area contributed by atoms with Crippen LogP contribution in [-0.2, 0) is 6.42 Å². The zero-order valence-electron chi connectivity index (χ0n) is 16.4. The summed E-state index contributed by atoms with van der Waals surface area (Å²) in [5, 5.41) is 1.89. The summed E-state index contributed by atoms with van der Waals surface area (Å²) in [6.07, 6.45) is 0.705. The van der Waals surface area contributed by atoms with Crippen LogP contribution >= 0.6 is 34.5 Å². The number of benzene rings is 1. The molecule has 1 amide bonds. The fraction of sp³-hybridized carbons (Fsp3) is 0.500. The van der Waals surface area contributed by atoms with E-state index in [0.29, 0.717) is 27.9 Å². The highest BCUT2D eigenvalue weighted by Gasteiger charge is 2.23. The standard InChI is InChI=1S/C20H27Cl2N3OS/c1-5-17-18(20(26)25(8-4)12-11-24(6-2)7-3)27-19(23-17)15-10-9-14(21)13-16(15)22/h9-10,13H,5-8,11-12H2,1-4H3. The van der Waals surface area contributed by atoms with Gasteiger partial charge in [-0.25, -0.2) is 4.98 Å².